The van der Waals surface area contributed by atoms with Crippen LogP contribution in [0.2, 0.25) is 0 Å². The quantitative estimate of drug-likeness (QED) is 0.0154. The molecule has 73 heavy (non-hydrogen) atoms. The maximum absolute atomic E-state index is 12.9. The molecule has 1 saturated heterocycles. The van der Waals surface area contributed by atoms with Gasteiger partial charge in [-0.2, -0.15) is 9.29 Å². The number of esters is 2. The van der Waals surface area contributed by atoms with Gasteiger partial charge in [-0.15, -0.1) is 0 Å². The normalized spacial score (nSPS) is 20.1. The maximum Gasteiger partial charge on any atom is 0.481 e. The van der Waals surface area contributed by atoms with E-state index in [4.69, 9.17) is 29.0 Å². The van der Waals surface area contributed by atoms with E-state index in [0.29, 0.717) is 25.7 Å². The van der Waals surface area contributed by atoms with Crippen LogP contribution in [0.25, 0.3) is 0 Å². The second-order valence-corrected chi connectivity index (χ2v) is 20.5. The molecule has 1 aromatic rings. The molecule has 0 radical (unpaired) electrons. The Morgan fingerprint density at radius 1 is 0.712 bits per heavy atom. The Hall–Kier alpha value is -4.10. The summed E-state index contributed by atoms with van der Waals surface area (Å²) in [5, 5.41) is 30.8. The van der Waals surface area contributed by atoms with E-state index in [2.05, 4.69) is 65.7 Å². The summed E-state index contributed by atoms with van der Waals surface area (Å²) in [5.41, 5.74) is 4.58. The Bertz CT molecular complexity index is 2070. The van der Waals surface area contributed by atoms with Crippen molar-refractivity contribution < 1.29 is 71.4 Å². The van der Waals surface area contributed by atoms with Crippen molar-refractivity contribution in [1.29, 1.82) is 0 Å². The Balaban J connectivity index is 1.85. The fourth-order valence-electron chi connectivity index (χ4n) is 6.98. The minimum Gasteiger partial charge on any atom is -0.462 e. The van der Waals surface area contributed by atoms with E-state index in [-0.39, 0.29) is 18.7 Å². The zero-order chi connectivity index (χ0) is 53.6. The first kappa shape index (κ1) is 65.0. The minimum absolute atomic E-state index is 0.0523. The smallest absolute Gasteiger partial charge is 0.462 e. The molecule has 1 aromatic heterocycles. The molecule has 0 aromatic carbocycles. The predicted molar refractivity (Wildman–Crippen MR) is 281 cm³/mol. The third-order valence-electron chi connectivity index (χ3n) is 11.0. The van der Waals surface area contributed by atoms with Gasteiger partial charge in [0, 0.05) is 19.0 Å². The summed E-state index contributed by atoms with van der Waals surface area (Å²) in [6, 6.07) is 1.24. The molecule has 1 aliphatic rings. The summed E-state index contributed by atoms with van der Waals surface area (Å²) >= 11 is 0. The summed E-state index contributed by atoms with van der Waals surface area (Å²) < 4.78 is 56.7. The molecule has 1 aliphatic heterocycles. The molecule has 19 nitrogen and oxygen atoms in total. The molecule has 412 valence electrons. The van der Waals surface area contributed by atoms with Gasteiger partial charge in [0.05, 0.1) is 19.3 Å². The number of phosphoric acid groups is 2. The van der Waals surface area contributed by atoms with Crippen molar-refractivity contribution in [2.45, 2.75) is 185 Å². The number of nitrogens with zero attached hydrogens (tertiary/aromatic N) is 2. The van der Waals surface area contributed by atoms with Gasteiger partial charge in [-0.25, -0.2) is 13.9 Å². The number of aromatic nitrogens is 2. The second kappa shape index (κ2) is 39.3. The number of rotatable bonds is 41. The number of hydrogen-bond acceptors (Lipinski definition) is 16. The van der Waals surface area contributed by atoms with Crippen molar-refractivity contribution in [3.05, 3.63) is 108 Å². The van der Waals surface area contributed by atoms with Gasteiger partial charge in [0.15, 0.2) is 12.3 Å². The summed E-state index contributed by atoms with van der Waals surface area (Å²) in [7, 11) is -10.9. The number of aliphatic hydroxyl groups excluding tert-OH is 3. The Morgan fingerprint density at radius 2 is 1.25 bits per heavy atom. The van der Waals surface area contributed by atoms with Crippen LogP contribution in [-0.4, -0.2) is 96.9 Å². The molecule has 0 bridgehead atoms. The van der Waals surface area contributed by atoms with Crippen LogP contribution in [0.15, 0.2) is 102 Å². The highest BCUT2D eigenvalue weighted by atomic mass is 31.3. The fraction of sp³-hybridized carbons (Fsp3) is 0.615. The molecule has 0 aliphatic carbocycles. The monoisotopic (exact) mass is 1070 g/mol. The fourth-order valence-corrected chi connectivity index (χ4v) is 9.09. The number of unbranched alkanes of at least 4 members (excludes halogenated alkanes) is 9. The van der Waals surface area contributed by atoms with Gasteiger partial charge in [-0.3, -0.25) is 23.2 Å². The first-order chi connectivity index (χ1) is 35.1. The van der Waals surface area contributed by atoms with Gasteiger partial charge in [0.25, 0.3) is 0 Å². The highest BCUT2D eigenvalue weighted by Gasteiger charge is 2.46. The number of nitrogen functional groups attached to an aromatic ring is 1. The van der Waals surface area contributed by atoms with Crippen molar-refractivity contribution in [3.63, 3.8) is 0 Å². The maximum atomic E-state index is 12.9. The van der Waals surface area contributed by atoms with Crippen LogP contribution in [0.4, 0.5) is 5.82 Å². The minimum atomic E-state index is -5.45. The highest BCUT2D eigenvalue weighted by molar-refractivity contribution is 7.61. The lowest BCUT2D eigenvalue weighted by atomic mass is 10.1. The Kier molecular flexibility index (Phi) is 35.0. The Morgan fingerprint density at radius 3 is 1.85 bits per heavy atom. The van der Waals surface area contributed by atoms with Crippen molar-refractivity contribution in [3.8, 4) is 0 Å². The van der Waals surface area contributed by atoms with Crippen LogP contribution in [0, 0.1) is 0 Å². The van der Waals surface area contributed by atoms with Crippen LogP contribution in [0.5, 0.6) is 0 Å². The number of allylic oxidation sites excluding steroid dienone is 13. The van der Waals surface area contributed by atoms with Gasteiger partial charge < -0.3 is 45.1 Å². The van der Waals surface area contributed by atoms with Gasteiger partial charge >= 0.3 is 33.3 Å². The number of nitrogens with two attached hydrogens (primary N) is 1. The van der Waals surface area contributed by atoms with E-state index in [1.165, 1.54) is 25.3 Å². The third-order valence-corrected chi connectivity index (χ3v) is 13.6. The SMILES string of the molecule is CCCCC/C=C\C/C=C\C/C=C\CCCCCCC(=O)OC[C@H](COP(=O)(O)OP(=O)(O)OC[C@H]1O[C@@H](n2ccc(N)nc2=O)[C@H](O)[C@@H]1O)OC(=O)CCC/C=C\C/C=C\C/C=C\C/C=C\[C@H](O)CCCC. The van der Waals surface area contributed by atoms with Crippen molar-refractivity contribution >= 4 is 33.4 Å². The number of aliphatic hydroxyl groups is 3. The Labute approximate surface area is 431 Å². The topological polar surface area (TPSA) is 286 Å². The van der Waals surface area contributed by atoms with E-state index in [1.807, 2.05) is 42.5 Å². The molecule has 0 spiro atoms. The number of anilines is 1. The first-order valence-corrected chi connectivity index (χ1v) is 28.7. The van der Waals surface area contributed by atoms with Crippen molar-refractivity contribution in [1.82, 2.24) is 9.55 Å². The van der Waals surface area contributed by atoms with Crippen LogP contribution < -0.4 is 11.4 Å². The molecule has 7 N–H and O–H groups in total. The zero-order valence-corrected chi connectivity index (χ0v) is 44.6. The number of carbonyl (C=O) groups is 2. The van der Waals surface area contributed by atoms with Crippen LogP contribution in [0.3, 0.4) is 0 Å². The molecule has 8 atom stereocenters. The summed E-state index contributed by atoms with van der Waals surface area (Å²) in [4.78, 5) is 61.9. The summed E-state index contributed by atoms with van der Waals surface area (Å²) in [6.45, 7) is 1.88. The van der Waals surface area contributed by atoms with Gasteiger partial charge in [-0.1, -0.05) is 137 Å². The second-order valence-electron chi connectivity index (χ2n) is 17.5. The van der Waals surface area contributed by atoms with Gasteiger partial charge in [0.1, 0.15) is 30.7 Å². The molecule has 0 saturated carbocycles. The first-order valence-electron chi connectivity index (χ1n) is 25.7. The number of hydrogen-bond donors (Lipinski definition) is 6. The molecule has 2 unspecified atom stereocenters. The number of ether oxygens (including phenoxy) is 3. The average molecular weight is 1070 g/mol. The van der Waals surface area contributed by atoms with E-state index < -0.39 is 89.8 Å². The van der Waals surface area contributed by atoms with E-state index in [9.17, 15) is 48.6 Å². The standard InChI is InChI=1S/C52H83N3O16P2/c1-3-5-7-8-9-10-11-12-13-14-15-16-20-23-26-29-32-36-47(57)66-40-44(69-48(58)37-33-30-27-24-21-18-17-19-22-25-28-31-35-43(56)34-6-4-2)41-67-72(62,63)71-73(64,65)68-42-45-49(59)50(60)51(70-45)55-39-38-46(53)54-52(55)61/h9-10,12-13,15-18,22,24-25,27,31,35,38-39,43-45,49-51,56,59-60H,3-8,11,14,19-21,23,26,28-30,32-34,36-37,40-42H2,1-2H3,(H,62,63)(H,64,65)(H2,53,54,61)/b10-9-,13-12-,16-15-,18-17-,25-22-,27-24-,35-31-/t43-,44-,45-,49-,50-,51-/m1/s1. The molecule has 21 heteroatoms. The van der Waals surface area contributed by atoms with Gasteiger partial charge in [-0.05, 0) is 89.5 Å². The van der Waals surface area contributed by atoms with Crippen LogP contribution in [0.1, 0.15) is 155 Å². The molecule has 0 amide bonds. The van der Waals surface area contributed by atoms with Gasteiger partial charge in [0.2, 0.25) is 0 Å². The molecular weight excluding hydrogens is 985 g/mol. The lowest BCUT2D eigenvalue weighted by Gasteiger charge is -2.21. The number of carbonyl (C=O) groups excluding carboxylic acids is 2. The average Bonchev–Trinajstić information content (AvgIpc) is 3.62. The van der Waals surface area contributed by atoms with Crippen LogP contribution in [-0.2, 0) is 46.3 Å². The number of phosphoric ester groups is 2. The largest absolute Gasteiger partial charge is 0.481 e. The predicted octanol–water partition coefficient (Wildman–Crippen LogP) is 9.64. The summed E-state index contributed by atoms with van der Waals surface area (Å²) in [5.74, 6) is -1.42. The van der Waals surface area contributed by atoms with Crippen LogP contribution >= 0.6 is 15.6 Å². The molecule has 1 fully saturated rings. The third kappa shape index (κ3) is 32.1. The lowest BCUT2D eigenvalue weighted by molar-refractivity contribution is -0.161. The lowest BCUT2D eigenvalue weighted by Crippen LogP contribution is -2.36. The van der Waals surface area contributed by atoms with E-state index in [1.54, 1.807) is 0 Å². The molecule has 2 rings (SSSR count). The van der Waals surface area contributed by atoms with E-state index in [0.717, 1.165) is 87.8 Å². The zero-order valence-electron chi connectivity index (χ0n) is 42.8. The van der Waals surface area contributed by atoms with Crippen molar-refractivity contribution in [2.24, 2.45) is 0 Å². The van der Waals surface area contributed by atoms with Crippen molar-refractivity contribution in [2.75, 3.05) is 25.6 Å². The summed E-state index contributed by atoms with van der Waals surface area (Å²) in [6.07, 6.45) is 38.6. The highest BCUT2D eigenvalue weighted by Crippen LogP contribution is 2.60. The van der Waals surface area contributed by atoms with E-state index >= 15 is 0 Å². The molecule has 2 heterocycles. The molecular formula is C52H83N3O16P2.